The van der Waals surface area contributed by atoms with Gasteiger partial charge in [-0.3, -0.25) is 19.7 Å². The van der Waals surface area contributed by atoms with Crippen LogP contribution in [0.2, 0.25) is 0 Å². The summed E-state index contributed by atoms with van der Waals surface area (Å²) in [5.74, 6) is 0.0965. The summed E-state index contributed by atoms with van der Waals surface area (Å²) in [6.45, 7) is 2.00. The van der Waals surface area contributed by atoms with Gasteiger partial charge in [0.25, 0.3) is 5.91 Å². The number of nitriles is 1. The minimum Gasteiger partial charge on any atom is -0.365 e. The normalized spacial score (nSPS) is 16.4. The molecule has 0 spiro atoms. The highest BCUT2D eigenvalue weighted by Crippen LogP contribution is 2.22. The van der Waals surface area contributed by atoms with E-state index in [1.54, 1.807) is 18.6 Å². The quantitative estimate of drug-likeness (QED) is 0.530. The first-order chi connectivity index (χ1) is 14.1. The zero-order valence-corrected chi connectivity index (χ0v) is 15.5. The number of hydrogen-bond donors (Lipinski definition) is 3. The van der Waals surface area contributed by atoms with Crippen molar-refractivity contribution in [1.29, 1.82) is 5.26 Å². The summed E-state index contributed by atoms with van der Waals surface area (Å²) in [6, 6.07) is 5.99. The molecule has 1 fully saturated rings. The van der Waals surface area contributed by atoms with Gasteiger partial charge in [-0.2, -0.15) is 5.26 Å². The highest BCUT2D eigenvalue weighted by atomic mass is 16.1. The van der Waals surface area contributed by atoms with E-state index in [-0.39, 0.29) is 17.6 Å². The van der Waals surface area contributed by atoms with Gasteiger partial charge in [-0.15, -0.1) is 0 Å². The number of amides is 1. The number of likely N-dealkylation sites (tertiary alicyclic amines) is 1. The van der Waals surface area contributed by atoms with Crippen LogP contribution in [0.25, 0.3) is 10.9 Å². The van der Waals surface area contributed by atoms with Crippen molar-refractivity contribution in [3.63, 3.8) is 0 Å². The molecule has 4 rings (SSSR count). The minimum absolute atomic E-state index is 0.0411. The lowest BCUT2D eigenvalue weighted by Gasteiger charge is -2.16. The molecule has 0 aromatic carbocycles. The molecule has 0 saturated carbocycles. The fourth-order valence-electron chi connectivity index (χ4n) is 3.31. The maximum atomic E-state index is 11.8. The lowest BCUT2D eigenvalue weighted by Crippen LogP contribution is -2.27. The van der Waals surface area contributed by atoms with Gasteiger partial charge in [-0.25, -0.2) is 9.97 Å². The van der Waals surface area contributed by atoms with Crippen molar-refractivity contribution in [1.82, 2.24) is 24.8 Å². The Hall–Kier alpha value is -3.84. The number of pyridine rings is 2. The molecule has 0 unspecified atom stereocenters. The minimum atomic E-state index is -0.678. The molecular formula is C19H19N9O. The van der Waals surface area contributed by atoms with Gasteiger partial charge in [0.2, 0.25) is 0 Å². The third-order valence-corrected chi connectivity index (χ3v) is 4.67. The van der Waals surface area contributed by atoms with Crippen LogP contribution in [0.1, 0.15) is 16.9 Å². The van der Waals surface area contributed by atoms with E-state index in [0.29, 0.717) is 18.1 Å². The number of nitrogens with zero attached hydrogens (tertiary/aromatic N) is 6. The summed E-state index contributed by atoms with van der Waals surface area (Å²) in [7, 11) is 0. The molecule has 0 radical (unpaired) electrons. The molecule has 1 amide bonds. The number of fused-ring (bicyclic) bond motifs is 1. The van der Waals surface area contributed by atoms with Crippen molar-refractivity contribution in [2.45, 2.75) is 12.5 Å². The van der Waals surface area contributed by atoms with Crippen LogP contribution in [0, 0.1) is 11.3 Å². The monoisotopic (exact) mass is 389 g/mol. The standard InChI is InChI=1S/C19H19N9O/c20-3-6-28-5-2-13(11-28)25-16-10-24-17(18(21)29)19(27-16)26-14-7-12-8-22-4-1-15(12)23-9-14/h1,4,7-10,13H,2,5-6,11H2,(H2,21,29)(H2,25,26,27)/t13-/m1/s1. The van der Waals surface area contributed by atoms with E-state index in [0.717, 1.165) is 30.4 Å². The Morgan fingerprint density at radius 1 is 1.34 bits per heavy atom. The number of anilines is 3. The predicted molar refractivity (Wildman–Crippen MR) is 107 cm³/mol. The highest BCUT2D eigenvalue weighted by Gasteiger charge is 2.23. The average Bonchev–Trinajstić information content (AvgIpc) is 3.15. The molecule has 4 N–H and O–H groups in total. The molecule has 1 aliphatic heterocycles. The number of carbonyl (C=O) groups excluding carboxylic acids is 1. The second kappa shape index (κ2) is 8.04. The molecule has 3 aromatic heterocycles. The number of nitrogens with two attached hydrogens (primary N) is 1. The van der Waals surface area contributed by atoms with Gasteiger partial charge in [-0.05, 0) is 18.6 Å². The number of hydrogen-bond acceptors (Lipinski definition) is 9. The van der Waals surface area contributed by atoms with Gasteiger partial charge >= 0.3 is 0 Å². The van der Waals surface area contributed by atoms with Gasteiger partial charge in [-0.1, -0.05) is 0 Å². The van der Waals surface area contributed by atoms with Gasteiger partial charge < -0.3 is 16.4 Å². The fraction of sp³-hybridized carbons (Fsp3) is 0.263. The largest absolute Gasteiger partial charge is 0.365 e. The summed E-state index contributed by atoms with van der Waals surface area (Å²) in [4.78, 5) is 31.0. The molecule has 1 aliphatic rings. The molecule has 10 heteroatoms. The molecule has 1 saturated heterocycles. The van der Waals surface area contributed by atoms with E-state index >= 15 is 0 Å². The topological polar surface area (TPSA) is 146 Å². The highest BCUT2D eigenvalue weighted by molar-refractivity contribution is 5.96. The number of rotatable bonds is 6. The van der Waals surface area contributed by atoms with E-state index in [1.165, 1.54) is 6.20 Å². The van der Waals surface area contributed by atoms with Gasteiger partial charge in [0.15, 0.2) is 11.5 Å². The van der Waals surface area contributed by atoms with Crippen LogP contribution >= 0.6 is 0 Å². The van der Waals surface area contributed by atoms with E-state index in [2.05, 4.69) is 41.5 Å². The lowest BCUT2D eigenvalue weighted by atomic mass is 10.2. The number of aromatic nitrogens is 4. The first-order valence-corrected chi connectivity index (χ1v) is 9.12. The second-order valence-electron chi connectivity index (χ2n) is 6.76. The van der Waals surface area contributed by atoms with Crippen molar-refractivity contribution in [3.05, 3.63) is 42.6 Å². The third-order valence-electron chi connectivity index (χ3n) is 4.67. The molecule has 146 valence electrons. The number of carbonyl (C=O) groups is 1. The molecular weight excluding hydrogens is 370 g/mol. The summed E-state index contributed by atoms with van der Waals surface area (Å²) < 4.78 is 0. The smallest absolute Gasteiger partial charge is 0.271 e. The van der Waals surface area contributed by atoms with Crippen molar-refractivity contribution in [2.75, 3.05) is 30.3 Å². The van der Waals surface area contributed by atoms with E-state index in [4.69, 9.17) is 11.0 Å². The SMILES string of the molecule is N#CCN1CC[C@@H](Nc2cnc(C(N)=O)c(Nc3cnc4ccncc4c3)n2)C1. The summed E-state index contributed by atoms with van der Waals surface area (Å²) in [6.07, 6.45) is 7.41. The summed E-state index contributed by atoms with van der Waals surface area (Å²) in [5.41, 5.74) is 6.95. The fourth-order valence-corrected chi connectivity index (χ4v) is 3.31. The van der Waals surface area contributed by atoms with Gasteiger partial charge in [0, 0.05) is 36.9 Å². The maximum Gasteiger partial charge on any atom is 0.271 e. The Morgan fingerprint density at radius 2 is 2.24 bits per heavy atom. The second-order valence-corrected chi connectivity index (χ2v) is 6.76. The maximum absolute atomic E-state index is 11.8. The predicted octanol–water partition coefficient (Wildman–Crippen LogP) is 1.27. The van der Waals surface area contributed by atoms with Crippen LogP contribution in [0.4, 0.5) is 17.3 Å². The van der Waals surface area contributed by atoms with Gasteiger partial charge in [0.05, 0.1) is 36.2 Å². The van der Waals surface area contributed by atoms with Crippen molar-refractivity contribution in [2.24, 2.45) is 5.73 Å². The van der Waals surface area contributed by atoms with E-state index < -0.39 is 5.91 Å². The lowest BCUT2D eigenvalue weighted by molar-refractivity contribution is 0.0996. The van der Waals surface area contributed by atoms with Crippen molar-refractivity contribution >= 4 is 34.1 Å². The van der Waals surface area contributed by atoms with Crippen molar-refractivity contribution < 1.29 is 4.79 Å². The van der Waals surface area contributed by atoms with Gasteiger partial charge in [0.1, 0.15) is 5.82 Å². The molecule has 29 heavy (non-hydrogen) atoms. The third kappa shape index (κ3) is 4.20. The van der Waals surface area contributed by atoms with E-state index in [1.807, 2.05) is 12.1 Å². The Morgan fingerprint density at radius 3 is 3.07 bits per heavy atom. The van der Waals surface area contributed by atoms with Crippen LogP contribution < -0.4 is 16.4 Å². The zero-order valence-electron chi connectivity index (χ0n) is 15.5. The molecule has 4 heterocycles. The van der Waals surface area contributed by atoms with Crippen LogP contribution in [-0.4, -0.2) is 56.4 Å². The molecule has 0 aliphatic carbocycles. The Balaban J connectivity index is 1.56. The first kappa shape index (κ1) is 18.5. The Bertz CT molecular complexity index is 1090. The number of nitrogens with one attached hydrogen (secondary N) is 2. The average molecular weight is 389 g/mol. The molecule has 1 atom stereocenters. The zero-order chi connectivity index (χ0) is 20.2. The summed E-state index contributed by atoms with van der Waals surface area (Å²) >= 11 is 0. The molecule has 10 nitrogen and oxygen atoms in total. The Kier molecular flexibility index (Phi) is 5.13. The first-order valence-electron chi connectivity index (χ1n) is 9.12. The van der Waals surface area contributed by atoms with Crippen LogP contribution in [-0.2, 0) is 0 Å². The molecule has 3 aromatic rings. The van der Waals surface area contributed by atoms with E-state index in [9.17, 15) is 4.79 Å². The van der Waals surface area contributed by atoms with Crippen molar-refractivity contribution in [3.8, 4) is 6.07 Å². The van der Waals surface area contributed by atoms with Crippen LogP contribution in [0.3, 0.4) is 0 Å². The van der Waals surface area contributed by atoms with Crippen LogP contribution in [0.5, 0.6) is 0 Å². The Labute approximate surface area is 166 Å². The molecule has 0 bridgehead atoms. The number of primary amides is 1. The van der Waals surface area contributed by atoms with Crippen LogP contribution in [0.15, 0.2) is 36.9 Å². The summed E-state index contributed by atoms with van der Waals surface area (Å²) in [5, 5.41) is 16.1.